The lowest BCUT2D eigenvalue weighted by Crippen LogP contribution is -2.07. The van der Waals surface area contributed by atoms with E-state index in [1.165, 1.54) is 13.0 Å². The van der Waals surface area contributed by atoms with E-state index in [1.54, 1.807) is 18.3 Å². The smallest absolute Gasteiger partial charge is 0.221 e. The predicted octanol–water partition coefficient (Wildman–Crippen LogP) is 3.33. The van der Waals surface area contributed by atoms with Crippen LogP contribution in [0.2, 0.25) is 0 Å². The number of anilines is 1. The van der Waals surface area contributed by atoms with Crippen molar-refractivity contribution in [3.63, 3.8) is 0 Å². The van der Waals surface area contributed by atoms with Crippen molar-refractivity contribution < 1.29 is 9.18 Å². The Bertz CT molecular complexity index is 795. The van der Waals surface area contributed by atoms with Gasteiger partial charge in [-0.25, -0.2) is 4.39 Å². The molecule has 3 aromatic rings. The molecule has 0 spiro atoms. The first-order valence-electron chi connectivity index (χ1n) is 6.15. The number of carbonyl (C=O) groups excluding carboxylic acids is 1. The molecule has 0 atom stereocenters. The fourth-order valence-corrected chi connectivity index (χ4v) is 2.17. The number of pyridine rings is 1. The quantitative estimate of drug-likeness (QED) is 0.749. The first kappa shape index (κ1) is 12.3. The topological polar surface area (TPSA) is 57.8 Å². The van der Waals surface area contributed by atoms with E-state index < -0.39 is 5.82 Å². The number of carbonyl (C=O) groups is 1. The summed E-state index contributed by atoms with van der Waals surface area (Å²) in [6, 6.07) is 8.42. The highest BCUT2D eigenvalue weighted by molar-refractivity contribution is 5.93. The molecule has 1 amide bonds. The Morgan fingerprint density at radius 2 is 2.15 bits per heavy atom. The molecule has 20 heavy (non-hydrogen) atoms. The summed E-state index contributed by atoms with van der Waals surface area (Å²) in [5, 5.41) is 3.37. The van der Waals surface area contributed by atoms with Gasteiger partial charge in [-0.05, 0) is 24.3 Å². The van der Waals surface area contributed by atoms with Crippen LogP contribution >= 0.6 is 0 Å². The van der Waals surface area contributed by atoms with Crippen LogP contribution in [-0.4, -0.2) is 15.9 Å². The summed E-state index contributed by atoms with van der Waals surface area (Å²) < 4.78 is 14.0. The molecule has 0 saturated heterocycles. The SMILES string of the molecule is CC(=O)Nc1ccc(-c2nccc3[nH]ccc23)cc1F. The Labute approximate surface area is 114 Å². The Kier molecular flexibility index (Phi) is 2.95. The molecule has 0 radical (unpaired) electrons. The molecule has 100 valence electrons. The van der Waals surface area contributed by atoms with E-state index in [2.05, 4.69) is 15.3 Å². The lowest BCUT2D eigenvalue weighted by molar-refractivity contribution is -0.114. The monoisotopic (exact) mass is 269 g/mol. The van der Waals surface area contributed by atoms with E-state index in [0.29, 0.717) is 11.3 Å². The summed E-state index contributed by atoms with van der Waals surface area (Å²) in [4.78, 5) is 18.4. The summed E-state index contributed by atoms with van der Waals surface area (Å²) >= 11 is 0. The van der Waals surface area contributed by atoms with E-state index in [0.717, 1.165) is 10.9 Å². The second-order valence-corrected chi connectivity index (χ2v) is 4.47. The van der Waals surface area contributed by atoms with Crippen molar-refractivity contribution >= 4 is 22.5 Å². The van der Waals surface area contributed by atoms with Crippen LogP contribution in [0, 0.1) is 5.82 Å². The lowest BCUT2D eigenvalue weighted by Gasteiger charge is -2.07. The highest BCUT2D eigenvalue weighted by Gasteiger charge is 2.10. The number of rotatable bonds is 2. The van der Waals surface area contributed by atoms with Crippen LogP contribution in [0.15, 0.2) is 42.7 Å². The fraction of sp³-hybridized carbons (Fsp3) is 0.0667. The molecule has 2 aromatic heterocycles. The third kappa shape index (κ3) is 2.14. The van der Waals surface area contributed by atoms with Crippen molar-refractivity contribution in [3.8, 4) is 11.3 Å². The van der Waals surface area contributed by atoms with Crippen LogP contribution < -0.4 is 5.32 Å². The molecular formula is C15H12FN3O. The minimum absolute atomic E-state index is 0.169. The molecule has 0 unspecified atom stereocenters. The van der Waals surface area contributed by atoms with E-state index in [1.807, 2.05) is 18.3 Å². The molecule has 4 nitrogen and oxygen atoms in total. The number of benzene rings is 1. The molecule has 0 fully saturated rings. The third-order valence-corrected chi connectivity index (χ3v) is 3.03. The Hall–Kier alpha value is -2.69. The van der Waals surface area contributed by atoms with Crippen LogP contribution in [0.3, 0.4) is 0 Å². The largest absolute Gasteiger partial charge is 0.361 e. The molecule has 2 N–H and O–H groups in total. The molecule has 2 heterocycles. The molecule has 3 rings (SSSR count). The fourth-order valence-electron chi connectivity index (χ4n) is 2.17. The number of H-pyrrole nitrogens is 1. The van der Waals surface area contributed by atoms with Gasteiger partial charge in [0.1, 0.15) is 5.82 Å². The average Bonchev–Trinajstić information content (AvgIpc) is 2.88. The summed E-state index contributed by atoms with van der Waals surface area (Å²) in [6.45, 7) is 1.34. The van der Waals surface area contributed by atoms with Crippen LogP contribution in [0.1, 0.15) is 6.92 Å². The lowest BCUT2D eigenvalue weighted by atomic mass is 10.1. The van der Waals surface area contributed by atoms with Gasteiger partial charge in [-0.1, -0.05) is 6.07 Å². The maximum absolute atomic E-state index is 14.0. The number of aromatic nitrogens is 2. The van der Waals surface area contributed by atoms with Crippen molar-refractivity contribution in [3.05, 3.63) is 48.5 Å². The number of aromatic amines is 1. The van der Waals surface area contributed by atoms with Gasteiger partial charge in [0.2, 0.25) is 5.91 Å². The first-order valence-corrected chi connectivity index (χ1v) is 6.15. The average molecular weight is 269 g/mol. The van der Waals surface area contributed by atoms with Crippen LogP contribution in [0.25, 0.3) is 22.2 Å². The van der Waals surface area contributed by atoms with Crippen molar-refractivity contribution in [2.45, 2.75) is 6.92 Å². The minimum atomic E-state index is -0.480. The Morgan fingerprint density at radius 3 is 2.90 bits per heavy atom. The van der Waals surface area contributed by atoms with Crippen LogP contribution in [-0.2, 0) is 4.79 Å². The van der Waals surface area contributed by atoms with E-state index in [-0.39, 0.29) is 11.6 Å². The Balaban J connectivity index is 2.09. The second-order valence-electron chi connectivity index (χ2n) is 4.47. The molecule has 0 aliphatic heterocycles. The standard InChI is InChI=1S/C15H12FN3O/c1-9(20)19-14-3-2-10(8-12(14)16)15-11-4-6-17-13(11)5-7-18-15/h2-8,17H,1H3,(H,19,20). The predicted molar refractivity (Wildman–Crippen MR) is 75.8 cm³/mol. The Morgan fingerprint density at radius 1 is 1.30 bits per heavy atom. The number of nitrogens with one attached hydrogen (secondary N) is 2. The zero-order chi connectivity index (χ0) is 14.1. The van der Waals surface area contributed by atoms with Gasteiger partial charge in [0.25, 0.3) is 0 Å². The maximum atomic E-state index is 14.0. The number of fused-ring (bicyclic) bond motifs is 1. The number of hydrogen-bond donors (Lipinski definition) is 2. The molecule has 5 heteroatoms. The van der Waals surface area contributed by atoms with Gasteiger partial charge in [0, 0.05) is 35.8 Å². The minimum Gasteiger partial charge on any atom is -0.361 e. The van der Waals surface area contributed by atoms with Gasteiger partial charge < -0.3 is 10.3 Å². The molecule has 1 aromatic carbocycles. The number of nitrogens with zero attached hydrogens (tertiary/aromatic N) is 1. The summed E-state index contributed by atoms with van der Waals surface area (Å²) in [5.74, 6) is -0.783. The highest BCUT2D eigenvalue weighted by Crippen LogP contribution is 2.28. The van der Waals surface area contributed by atoms with E-state index >= 15 is 0 Å². The van der Waals surface area contributed by atoms with Crippen molar-refractivity contribution in [1.82, 2.24) is 9.97 Å². The molecule has 0 saturated carbocycles. The number of halogens is 1. The highest BCUT2D eigenvalue weighted by atomic mass is 19.1. The molecular weight excluding hydrogens is 257 g/mol. The zero-order valence-electron chi connectivity index (χ0n) is 10.8. The summed E-state index contributed by atoms with van der Waals surface area (Å²) in [6.07, 6.45) is 3.49. The second kappa shape index (κ2) is 4.77. The maximum Gasteiger partial charge on any atom is 0.221 e. The summed E-state index contributed by atoms with van der Waals surface area (Å²) in [7, 11) is 0. The van der Waals surface area contributed by atoms with Gasteiger partial charge in [0.15, 0.2) is 0 Å². The van der Waals surface area contributed by atoms with Gasteiger partial charge in [-0.15, -0.1) is 0 Å². The van der Waals surface area contributed by atoms with Crippen molar-refractivity contribution in [2.75, 3.05) is 5.32 Å². The normalized spacial score (nSPS) is 10.7. The van der Waals surface area contributed by atoms with Crippen LogP contribution in [0.4, 0.5) is 10.1 Å². The van der Waals surface area contributed by atoms with E-state index in [9.17, 15) is 9.18 Å². The van der Waals surface area contributed by atoms with Gasteiger partial charge in [-0.3, -0.25) is 9.78 Å². The molecule has 0 bridgehead atoms. The van der Waals surface area contributed by atoms with Crippen LogP contribution in [0.5, 0.6) is 0 Å². The van der Waals surface area contributed by atoms with Gasteiger partial charge in [-0.2, -0.15) is 0 Å². The molecule has 0 aliphatic rings. The number of amides is 1. The van der Waals surface area contributed by atoms with Gasteiger partial charge in [0.05, 0.1) is 11.4 Å². The van der Waals surface area contributed by atoms with Crippen molar-refractivity contribution in [1.29, 1.82) is 0 Å². The molecule has 0 aliphatic carbocycles. The van der Waals surface area contributed by atoms with Crippen molar-refractivity contribution in [2.24, 2.45) is 0 Å². The zero-order valence-corrected chi connectivity index (χ0v) is 10.8. The first-order chi connectivity index (χ1) is 9.65. The van der Waals surface area contributed by atoms with Gasteiger partial charge >= 0.3 is 0 Å². The number of hydrogen-bond acceptors (Lipinski definition) is 2. The summed E-state index contributed by atoms with van der Waals surface area (Å²) in [5.41, 5.74) is 2.49. The van der Waals surface area contributed by atoms with E-state index in [4.69, 9.17) is 0 Å². The third-order valence-electron chi connectivity index (χ3n) is 3.03.